The number of rotatable bonds is 9. The number of hydrogen-bond donors (Lipinski definition) is 2. The van der Waals surface area contributed by atoms with Crippen LogP contribution in [0.25, 0.3) is 11.2 Å². The summed E-state index contributed by atoms with van der Waals surface area (Å²) >= 11 is 0. The summed E-state index contributed by atoms with van der Waals surface area (Å²) in [5, 5.41) is 8.82. The van der Waals surface area contributed by atoms with Gasteiger partial charge in [-0.05, 0) is 38.8 Å². The Hall–Kier alpha value is -4.19. The molecule has 1 aliphatic rings. The molecule has 1 atom stereocenters. The van der Waals surface area contributed by atoms with E-state index >= 15 is 0 Å². The Bertz CT molecular complexity index is 1530. The van der Waals surface area contributed by atoms with Crippen LogP contribution in [0.1, 0.15) is 37.0 Å². The number of anilines is 1. The standard InChI is InChI=1S/C26H32N6O6/c1-16(2)9-11-31-22-23(28-25(31)30-10-5-7-18(27)13-30)29(3)26(37)32(24(22)36)14-20(33)17-6-4-8-19(12-17)38-15-21(34)35/h4,6,8-9,12,18H,5,7,10-11,13-15,27H2,1-3H3,(H,34,35). The number of aliphatic carboxylic acids is 1. The summed E-state index contributed by atoms with van der Waals surface area (Å²) in [6, 6.07) is 5.94. The monoisotopic (exact) mass is 524 g/mol. The third-order valence-electron chi connectivity index (χ3n) is 6.46. The molecule has 38 heavy (non-hydrogen) atoms. The maximum absolute atomic E-state index is 13.7. The number of ether oxygens (including phenoxy) is 1. The third-order valence-corrected chi connectivity index (χ3v) is 6.46. The summed E-state index contributed by atoms with van der Waals surface area (Å²) < 4.78 is 9.11. The number of carbonyl (C=O) groups excluding carboxylic acids is 1. The molecule has 1 fully saturated rings. The lowest BCUT2D eigenvalue weighted by Crippen LogP contribution is -2.44. The maximum atomic E-state index is 13.7. The third kappa shape index (κ3) is 5.54. The van der Waals surface area contributed by atoms with Crippen LogP contribution < -0.4 is 26.6 Å². The average Bonchev–Trinajstić information content (AvgIpc) is 3.27. The summed E-state index contributed by atoms with van der Waals surface area (Å²) in [6.45, 7) is 4.53. The highest BCUT2D eigenvalue weighted by atomic mass is 16.5. The molecule has 12 nitrogen and oxygen atoms in total. The zero-order chi connectivity index (χ0) is 27.6. The molecule has 0 bridgehead atoms. The van der Waals surface area contributed by atoms with E-state index < -0.39 is 36.2 Å². The molecule has 1 saturated heterocycles. The highest BCUT2D eigenvalue weighted by Gasteiger charge is 2.26. The number of Topliss-reactive ketones (excluding diaryl/α,β-unsaturated/α-hetero) is 1. The van der Waals surface area contributed by atoms with Crippen LogP contribution >= 0.6 is 0 Å². The van der Waals surface area contributed by atoms with E-state index in [1.165, 1.54) is 29.8 Å². The summed E-state index contributed by atoms with van der Waals surface area (Å²) in [6.07, 6.45) is 3.76. The van der Waals surface area contributed by atoms with Crippen LogP contribution in [0.15, 0.2) is 45.5 Å². The number of carboxylic acids is 1. The summed E-state index contributed by atoms with van der Waals surface area (Å²) in [7, 11) is 1.52. The van der Waals surface area contributed by atoms with Crippen LogP contribution in [0.2, 0.25) is 0 Å². The Morgan fingerprint density at radius 1 is 1.24 bits per heavy atom. The highest BCUT2D eigenvalue weighted by molar-refractivity contribution is 5.96. The Labute approximate surface area is 218 Å². The summed E-state index contributed by atoms with van der Waals surface area (Å²) in [5.74, 6) is -0.895. The maximum Gasteiger partial charge on any atom is 0.341 e. The zero-order valence-electron chi connectivity index (χ0n) is 21.7. The smallest absolute Gasteiger partial charge is 0.341 e. The molecule has 1 aliphatic heterocycles. The minimum Gasteiger partial charge on any atom is -0.482 e. The predicted octanol–water partition coefficient (Wildman–Crippen LogP) is 1.14. The first-order valence-electron chi connectivity index (χ1n) is 12.4. The molecule has 0 aliphatic carbocycles. The normalized spacial score (nSPS) is 15.5. The second-order valence-electron chi connectivity index (χ2n) is 9.69. The van der Waals surface area contributed by atoms with Gasteiger partial charge in [0, 0.05) is 38.3 Å². The molecular weight excluding hydrogens is 492 g/mol. The van der Waals surface area contributed by atoms with Gasteiger partial charge < -0.3 is 25.0 Å². The number of imidazole rings is 1. The van der Waals surface area contributed by atoms with Gasteiger partial charge in [0.2, 0.25) is 5.95 Å². The molecule has 0 amide bonds. The fourth-order valence-corrected chi connectivity index (χ4v) is 4.52. The number of carboxylic acid groups (broad SMARTS) is 1. The molecule has 3 aromatic rings. The van der Waals surface area contributed by atoms with Crippen molar-refractivity contribution in [3.63, 3.8) is 0 Å². The van der Waals surface area contributed by atoms with Gasteiger partial charge in [-0.2, -0.15) is 4.98 Å². The molecule has 1 aromatic carbocycles. The van der Waals surface area contributed by atoms with Crippen LogP contribution in [-0.2, 0) is 24.9 Å². The number of carbonyl (C=O) groups is 2. The van der Waals surface area contributed by atoms with Crippen molar-refractivity contribution in [2.75, 3.05) is 24.6 Å². The predicted molar refractivity (Wildman–Crippen MR) is 142 cm³/mol. The van der Waals surface area contributed by atoms with E-state index in [1.54, 1.807) is 10.6 Å². The van der Waals surface area contributed by atoms with E-state index in [4.69, 9.17) is 20.6 Å². The van der Waals surface area contributed by atoms with Crippen molar-refractivity contribution in [1.82, 2.24) is 18.7 Å². The molecule has 0 spiro atoms. The fraction of sp³-hybridized carbons (Fsp3) is 0.423. The number of hydrogen-bond acceptors (Lipinski definition) is 8. The van der Waals surface area contributed by atoms with Crippen LogP contribution in [-0.4, -0.2) is 61.3 Å². The Balaban J connectivity index is 1.78. The van der Waals surface area contributed by atoms with Crippen LogP contribution in [0.5, 0.6) is 5.75 Å². The van der Waals surface area contributed by atoms with Crippen LogP contribution in [0.4, 0.5) is 5.95 Å². The molecule has 1 unspecified atom stereocenters. The van der Waals surface area contributed by atoms with Gasteiger partial charge >= 0.3 is 11.7 Å². The topological polar surface area (TPSA) is 155 Å². The lowest BCUT2D eigenvalue weighted by Gasteiger charge is -2.31. The number of benzene rings is 1. The zero-order valence-corrected chi connectivity index (χ0v) is 21.7. The second kappa shape index (κ2) is 11.1. The molecule has 3 heterocycles. The van der Waals surface area contributed by atoms with Gasteiger partial charge in [-0.1, -0.05) is 23.8 Å². The van der Waals surface area contributed by atoms with Crippen molar-refractivity contribution in [1.29, 1.82) is 0 Å². The van der Waals surface area contributed by atoms with Crippen molar-refractivity contribution in [3.8, 4) is 5.75 Å². The molecule has 3 N–H and O–H groups in total. The number of ketones is 1. The lowest BCUT2D eigenvalue weighted by atomic mass is 10.1. The number of nitrogens with two attached hydrogens (primary N) is 1. The first kappa shape index (κ1) is 26.9. The molecular formula is C26H32N6O6. The van der Waals surface area contributed by atoms with Gasteiger partial charge in [0.05, 0.1) is 6.54 Å². The first-order chi connectivity index (χ1) is 18.1. The molecule has 202 valence electrons. The molecule has 2 aromatic heterocycles. The number of nitrogens with zero attached hydrogens (tertiary/aromatic N) is 5. The summed E-state index contributed by atoms with van der Waals surface area (Å²) in [5.41, 5.74) is 6.63. The number of aromatic nitrogens is 4. The average molecular weight is 525 g/mol. The van der Waals surface area contributed by atoms with Crippen LogP contribution in [0.3, 0.4) is 0 Å². The Morgan fingerprint density at radius 3 is 2.68 bits per heavy atom. The largest absolute Gasteiger partial charge is 0.482 e. The molecule has 0 radical (unpaired) electrons. The van der Waals surface area contributed by atoms with Crippen molar-refractivity contribution in [2.45, 2.75) is 45.8 Å². The van der Waals surface area contributed by atoms with E-state index in [0.717, 1.165) is 29.5 Å². The first-order valence-corrected chi connectivity index (χ1v) is 12.4. The quantitative estimate of drug-likeness (QED) is 0.310. The van der Waals surface area contributed by atoms with Gasteiger partial charge in [-0.15, -0.1) is 0 Å². The van der Waals surface area contributed by atoms with E-state index in [9.17, 15) is 19.2 Å². The van der Waals surface area contributed by atoms with E-state index in [0.29, 0.717) is 19.0 Å². The van der Waals surface area contributed by atoms with Crippen molar-refractivity contribution in [3.05, 3.63) is 62.3 Å². The minimum absolute atomic E-state index is 0.0196. The Kier molecular flexibility index (Phi) is 7.81. The van der Waals surface area contributed by atoms with Gasteiger partial charge in [0.1, 0.15) is 5.75 Å². The van der Waals surface area contributed by atoms with Gasteiger partial charge in [-0.25, -0.2) is 9.59 Å². The van der Waals surface area contributed by atoms with Crippen molar-refractivity contribution >= 4 is 28.9 Å². The highest BCUT2D eigenvalue weighted by Crippen LogP contribution is 2.23. The molecule has 4 rings (SSSR count). The molecule has 12 heteroatoms. The number of fused-ring (bicyclic) bond motifs is 1. The SMILES string of the molecule is CC(C)=CCn1c(N2CCCC(N)C2)nc2c1c(=O)n(CC(=O)c1cccc(OCC(=O)O)c1)c(=O)n2C. The van der Waals surface area contributed by atoms with E-state index in [1.807, 2.05) is 24.8 Å². The van der Waals surface area contributed by atoms with Crippen molar-refractivity contribution < 1.29 is 19.4 Å². The van der Waals surface area contributed by atoms with Gasteiger partial charge in [0.25, 0.3) is 5.56 Å². The second-order valence-corrected chi connectivity index (χ2v) is 9.69. The van der Waals surface area contributed by atoms with Crippen LogP contribution in [0, 0.1) is 0 Å². The molecule has 0 saturated carbocycles. The van der Waals surface area contributed by atoms with Gasteiger partial charge in [-0.3, -0.25) is 18.7 Å². The fourth-order valence-electron chi connectivity index (χ4n) is 4.52. The summed E-state index contributed by atoms with van der Waals surface area (Å²) in [4.78, 5) is 57.6. The number of aryl methyl sites for hydroxylation is 1. The van der Waals surface area contributed by atoms with E-state index in [2.05, 4.69) is 0 Å². The van der Waals surface area contributed by atoms with Crippen molar-refractivity contribution in [2.24, 2.45) is 12.8 Å². The van der Waals surface area contributed by atoms with E-state index in [-0.39, 0.29) is 28.5 Å². The number of piperidine rings is 1. The van der Waals surface area contributed by atoms with Gasteiger partial charge in [0.15, 0.2) is 23.6 Å². The lowest BCUT2D eigenvalue weighted by molar-refractivity contribution is -0.139. The number of allylic oxidation sites excluding steroid dienone is 2. The minimum atomic E-state index is -1.15. The Morgan fingerprint density at radius 2 is 2.00 bits per heavy atom.